The summed E-state index contributed by atoms with van der Waals surface area (Å²) in [5, 5.41) is 10.5. The third-order valence-electron chi connectivity index (χ3n) is 3.87. The van der Waals surface area contributed by atoms with Gasteiger partial charge in [0.05, 0.1) is 17.1 Å². The maximum Gasteiger partial charge on any atom is 0.344 e. The topological polar surface area (TPSA) is 72.8 Å². The molecule has 136 valence electrons. The van der Waals surface area contributed by atoms with Crippen molar-refractivity contribution in [1.29, 1.82) is 0 Å². The molecule has 0 aliphatic rings. The Hall–Kier alpha value is -3.12. The number of carboxylic acids is 1. The number of carbonyl (C=O) groups excluding carboxylic acids is 1. The first-order chi connectivity index (χ1) is 13.0. The number of halogens is 1. The number of hydrogen-bond donors (Lipinski definition) is 1. The zero-order valence-corrected chi connectivity index (χ0v) is 15.9. The number of methoxy groups -OCH3 is 1. The van der Waals surface area contributed by atoms with Crippen LogP contribution < -0.4 is 9.47 Å². The Morgan fingerprint density at radius 2 is 1.81 bits per heavy atom. The molecule has 0 saturated carbocycles. The van der Waals surface area contributed by atoms with E-state index < -0.39 is 11.9 Å². The summed E-state index contributed by atoms with van der Waals surface area (Å²) in [5.41, 5.74) is 1.03. The third-order valence-corrected chi connectivity index (χ3v) is 4.46. The molecule has 0 amide bonds. The minimum atomic E-state index is -1.06. The summed E-state index contributed by atoms with van der Waals surface area (Å²) in [5.74, 6) is -1.04. The maximum atomic E-state index is 12.8. The fourth-order valence-electron chi connectivity index (χ4n) is 2.65. The lowest BCUT2D eigenvalue weighted by atomic mass is 10.0. The molecule has 0 radical (unpaired) electrons. The van der Waals surface area contributed by atoms with Gasteiger partial charge in [-0.2, -0.15) is 0 Å². The number of aliphatic carboxylic acids is 1. The molecule has 0 aromatic heterocycles. The van der Waals surface area contributed by atoms with Gasteiger partial charge in [0.15, 0.2) is 11.5 Å². The van der Waals surface area contributed by atoms with Gasteiger partial charge in [-0.05, 0) is 56.5 Å². The number of benzene rings is 3. The minimum Gasteiger partial charge on any atom is -0.493 e. The van der Waals surface area contributed by atoms with Crippen LogP contribution >= 0.6 is 15.9 Å². The lowest BCUT2D eigenvalue weighted by Crippen LogP contribution is -2.10. The van der Waals surface area contributed by atoms with Crippen molar-refractivity contribution in [2.24, 2.45) is 0 Å². The number of rotatable bonds is 5. The van der Waals surface area contributed by atoms with E-state index in [9.17, 15) is 9.59 Å². The molecular formula is C21H15BrO5. The molecule has 0 aliphatic carbocycles. The molecule has 0 fully saturated rings. The van der Waals surface area contributed by atoms with E-state index in [2.05, 4.69) is 15.9 Å². The van der Waals surface area contributed by atoms with Crippen molar-refractivity contribution in [3.63, 3.8) is 0 Å². The van der Waals surface area contributed by atoms with Gasteiger partial charge in [0.25, 0.3) is 0 Å². The summed E-state index contributed by atoms with van der Waals surface area (Å²) in [6, 6.07) is 16.2. The van der Waals surface area contributed by atoms with Crippen molar-refractivity contribution in [2.75, 3.05) is 7.11 Å². The molecule has 1 N–H and O–H groups in total. The Morgan fingerprint density at radius 3 is 2.56 bits per heavy atom. The van der Waals surface area contributed by atoms with Crippen molar-refractivity contribution in [1.82, 2.24) is 0 Å². The van der Waals surface area contributed by atoms with Gasteiger partial charge in [0.2, 0.25) is 0 Å². The van der Waals surface area contributed by atoms with Crippen molar-refractivity contribution in [3.8, 4) is 11.5 Å². The summed E-state index contributed by atoms with van der Waals surface area (Å²) in [4.78, 5) is 23.4. The maximum absolute atomic E-state index is 12.8. The van der Waals surface area contributed by atoms with Crippen molar-refractivity contribution >= 4 is 44.7 Å². The van der Waals surface area contributed by atoms with Crippen LogP contribution in [0.4, 0.5) is 0 Å². The lowest BCUT2D eigenvalue weighted by Gasteiger charge is -2.13. The highest BCUT2D eigenvalue weighted by atomic mass is 79.9. The molecule has 3 aromatic rings. The Bertz CT molecular complexity index is 1050. The monoisotopic (exact) mass is 426 g/mol. The largest absolute Gasteiger partial charge is 0.493 e. The van der Waals surface area contributed by atoms with Crippen LogP contribution in [0.3, 0.4) is 0 Å². The van der Waals surface area contributed by atoms with Crippen LogP contribution in [0.25, 0.3) is 16.8 Å². The fraction of sp³-hybridized carbons (Fsp3) is 0.0476. The predicted molar refractivity (Wildman–Crippen MR) is 106 cm³/mol. The van der Waals surface area contributed by atoms with Crippen molar-refractivity contribution < 1.29 is 24.2 Å². The lowest BCUT2D eigenvalue weighted by molar-refractivity contribution is -0.131. The molecule has 0 unspecified atom stereocenters. The summed E-state index contributed by atoms with van der Waals surface area (Å²) in [7, 11) is 1.45. The van der Waals surface area contributed by atoms with Gasteiger partial charge >= 0.3 is 11.9 Å². The van der Waals surface area contributed by atoms with Gasteiger partial charge in [-0.25, -0.2) is 9.59 Å². The van der Waals surface area contributed by atoms with E-state index in [1.807, 2.05) is 30.3 Å². The standard InChI is InChI=1S/C21H15BrO5/c1-26-18-12-13(9-10-19(23)24)11-17(22)20(18)27-21(25)16-8-4-6-14-5-2-3-7-15(14)16/h2-12H,1H3,(H,23,24)/b10-9+. The molecular weight excluding hydrogens is 412 g/mol. The van der Waals surface area contributed by atoms with E-state index in [0.29, 0.717) is 21.3 Å². The molecule has 0 saturated heterocycles. The van der Waals surface area contributed by atoms with Crippen LogP contribution in [0, 0.1) is 0 Å². The zero-order chi connectivity index (χ0) is 19.4. The van der Waals surface area contributed by atoms with E-state index in [1.54, 1.807) is 24.3 Å². The number of fused-ring (bicyclic) bond motifs is 1. The second kappa shape index (κ2) is 8.05. The molecule has 3 rings (SSSR count). The molecule has 0 atom stereocenters. The highest BCUT2D eigenvalue weighted by Gasteiger charge is 2.18. The number of esters is 1. The van der Waals surface area contributed by atoms with E-state index in [4.69, 9.17) is 14.6 Å². The molecule has 0 spiro atoms. The smallest absolute Gasteiger partial charge is 0.344 e. The number of carboxylic acid groups (broad SMARTS) is 1. The van der Waals surface area contributed by atoms with Gasteiger partial charge in [-0.1, -0.05) is 36.4 Å². The van der Waals surface area contributed by atoms with Crippen molar-refractivity contribution in [3.05, 3.63) is 76.3 Å². The van der Waals surface area contributed by atoms with Crippen LogP contribution in [0.5, 0.6) is 11.5 Å². The third kappa shape index (κ3) is 4.17. The van der Waals surface area contributed by atoms with E-state index in [1.165, 1.54) is 13.2 Å². The summed E-state index contributed by atoms with van der Waals surface area (Å²) in [6.45, 7) is 0. The highest BCUT2D eigenvalue weighted by molar-refractivity contribution is 9.10. The average Bonchev–Trinajstić information content (AvgIpc) is 2.67. The normalized spacial score (nSPS) is 10.9. The summed E-state index contributed by atoms with van der Waals surface area (Å²) in [6.07, 6.45) is 2.44. The molecule has 5 nitrogen and oxygen atoms in total. The first kappa shape index (κ1) is 18.7. The molecule has 6 heteroatoms. The Labute approximate surface area is 164 Å². The Balaban J connectivity index is 1.97. The van der Waals surface area contributed by atoms with Crippen LogP contribution in [-0.4, -0.2) is 24.2 Å². The first-order valence-electron chi connectivity index (χ1n) is 7.98. The highest BCUT2D eigenvalue weighted by Crippen LogP contribution is 2.38. The second-order valence-corrected chi connectivity index (χ2v) is 6.48. The fourth-order valence-corrected chi connectivity index (χ4v) is 3.19. The SMILES string of the molecule is COc1cc(/C=C/C(=O)O)cc(Br)c1OC(=O)c1cccc2ccccc12. The Kier molecular flexibility index (Phi) is 5.57. The van der Waals surface area contributed by atoms with E-state index in [0.717, 1.165) is 16.8 Å². The second-order valence-electron chi connectivity index (χ2n) is 5.62. The number of ether oxygens (including phenoxy) is 2. The molecule has 27 heavy (non-hydrogen) atoms. The molecule has 0 heterocycles. The zero-order valence-electron chi connectivity index (χ0n) is 14.3. The number of hydrogen-bond acceptors (Lipinski definition) is 4. The Morgan fingerprint density at radius 1 is 1.07 bits per heavy atom. The van der Waals surface area contributed by atoms with Crippen LogP contribution in [0.2, 0.25) is 0 Å². The predicted octanol–water partition coefficient (Wildman–Crippen LogP) is 4.93. The quantitative estimate of drug-likeness (QED) is 0.355. The average molecular weight is 427 g/mol. The summed E-state index contributed by atoms with van der Waals surface area (Å²) >= 11 is 3.36. The van der Waals surface area contributed by atoms with Crippen molar-refractivity contribution in [2.45, 2.75) is 0 Å². The van der Waals surface area contributed by atoms with Crippen LogP contribution in [-0.2, 0) is 4.79 Å². The summed E-state index contributed by atoms with van der Waals surface area (Å²) < 4.78 is 11.4. The van der Waals surface area contributed by atoms with Crippen LogP contribution in [0.15, 0.2) is 65.1 Å². The molecule has 3 aromatic carbocycles. The van der Waals surface area contributed by atoms with Gasteiger partial charge in [0.1, 0.15) is 0 Å². The van der Waals surface area contributed by atoms with E-state index in [-0.39, 0.29) is 5.75 Å². The first-order valence-corrected chi connectivity index (χ1v) is 8.77. The van der Waals surface area contributed by atoms with Gasteiger partial charge in [0, 0.05) is 6.08 Å². The number of carbonyl (C=O) groups is 2. The van der Waals surface area contributed by atoms with Gasteiger partial charge in [-0.3, -0.25) is 0 Å². The molecule has 0 bridgehead atoms. The molecule has 0 aliphatic heterocycles. The van der Waals surface area contributed by atoms with Gasteiger partial charge < -0.3 is 14.6 Å². The minimum absolute atomic E-state index is 0.225. The van der Waals surface area contributed by atoms with E-state index >= 15 is 0 Å². The van der Waals surface area contributed by atoms with Crippen LogP contribution in [0.1, 0.15) is 15.9 Å². The van der Waals surface area contributed by atoms with Gasteiger partial charge in [-0.15, -0.1) is 0 Å².